The zero-order chi connectivity index (χ0) is 25.4. The summed E-state index contributed by atoms with van der Waals surface area (Å²) in [6.45, 7) is 9.35. The normalized spacial score (nSPS) is 12.9. The maximum Gasteiger partial charge on any atom is 0.258 e. The molecule has 8 heteroatoms. The molecular weight excluding hydrogens is 509 g/mol. The summed E-state index contributed by atoms with van der Waals surface area (Å²) in [6, 6.07) is 10.6. The minimum Gasteiger partial charge on any atom is -0.370 e. The van der Waals surface area contributed by atoms with Gasteiger partial charge in [0.05, 0.1) is 6.04 Å². The van der Waals surface area contributed by atoms with Crippen LogP contribution in [-0.2, 0) is 12.8 Å². The lowest BCUT2D eigenvalue weighted by atomic mass is 9.98. The van der Waals surface area contributed by atoms with Gasteiger partial charge in [-0.05, 0) is 88.1 Å². The van der Waals surface area contributed by atoms with E-state index >= 15 is 0 Å². The van der Waals surface area contributed by atoms with Crippen molar-refractivity contribution in [2.45, 2.75) is 52.5 Å². The molecule has 0 bridgehead atoms. The van der Waals surface area contributed by atoms with Gasteiger partial charge in [0.25, 0.3) is 5.91 Å². The number of nitrogens with zero attached hydrogens (tertiary/aromatic N) is 2. The number of hydrogen-bond acceptors (Lipinski definition) is 3. The fraction of sp³-hybridized carbons (Fsp3) is 0.407. The van der Waals surface area contributed by atoms with Crippen LogP contribution < -0.4 is 11.1 Å². The first-order valence-corrected chi connectivity index (χ1v) is 13.0. The quantitative estimate of drug-likeness (QED) is 0.223. The summed E-state index contributed by atoms with van der Waals surface area (Å²) in [5, 5.41) is 3.73. The van der Waals surface area contributed by atoms with E-state index in [2.05, 4.69) is 50.0 Å². The third-order valence-electron chi connectivity index (χ3n) is 6.31. The van der Waals surface area contributed by atoms with Crippen molar-refractivity contribution >= 4 is 38.7 Å². The molecule has 2 aromatic carbocycles. The Labute approximate surface area is 215 Å². The van der Waals surface area contributed by atoms with Gasteiger partial charge in [-0.1, -0.05) is 35.8 Å². The van der Waals surface area contributed by atoms with Crippen LogP contribution in [0.1, 0.15) is 55.1 Å². The molecule has 1 atom stereocenters. The van der Waals surface area contributed by atoms with Gasteiger partial charge in [0.2, 0.25) is 0 Å². The molecule has 1 amide bonds. The smallest absolute Gasteiger partial charge is 0.258 e. The summed E-state index contributed by atoms with van der Waals surface area (Å²) in [5.41, 5.74) is 8.73. The molecule has 4 N–H and O–H groups in total. The van der Waals surface area contributed by atoms with Crippen molar-refractivity contribution in [3.8, 4) is 0 Å². The van der Waals surface area contributed by atoms with E-state index in [0.29, 0.717) is 18.4 Å². The predicted molar refractivity (Wildman–Crippen MR) is 145 cm³/mol. The van der Waals surface area contributed by atoms with Crippen LogP contribution in [0.2, 0.25) is 0 Å². The van der Waals surface area contributed by atoms with E-state index in [1.807, 2.05) is 31.3 Å². The Bertz CT molecular complexity index is 1170. The van der Waals surface area contributed by atoms with E-state index in [4.69, 9.17) is 5.73 Å². The number of carbonyl (C=O) groups is 1. The van der Waals surface area contributed by atoms with Crippen molar-refractivity contribution in [2.75, 3.05) is 19.6 Å². The van der Waals surface area contributed by atoms with Gasteiger partial charge in [-0.15, -0.1) is 0 Å². The predicted octanol–water partition coefficient (Wildman–Crippen LogP) is 5.41. The topological polar surface area (TPSA) is 86.5 Å². The Morgan fingerprint density at radius 3 is 2.74 bits per heavy atom. The maximum atomic E-state index is 14.8. The summed E-state index contributed by atoms with van der Waals surface area (Å²) in [6.07, 6.45) is 4.71. The van der Waals surface area contributed by atoms with Crippen LogP contribution in [0.5, 0.6) is 0 Å². The zero-order valence-electron chi connectivity index (χ0n) is 20.7. The number of aliphatic imine (C=N–C) groups is 1. The van der Waals surface area contributed by atoms with Crippen molar-refractivity contribution in [1.29, 1.82) is 0 Å². The Kier molecular flexibility index (Phi) is 9.86. The molecule has 1 aromatic heterocycles. The highest BCUT2D eigenvalue weighted by atomic mass is 79.9. The average Bonchev–Trinajstić information content (AvgIpc) is 3.29. The number of rotatable bonds is 11. The van der Waals surface area contributed by atoms with Crippen molar-refractivity contribution < 1.29 is 9.18 Å². The summed E-state index contributed by atoms with van der Waals surface area (Å²) in [7, 11) is 0. The van der Waals surface area contributed by atoms with Crippen LogP contribution in [0.4, 0.5) is 4.39 Å². The average molecular weight is 545 g/mol. The van der Waals surface area contributed by atoms with Crippen LogP contribution in [-0.4, -0.2) is 47.4 Å². The Morgan fingerprint density at radius 2 is 2.00 bits per heavy atom. The lowest BCUT2D eigenvalue weighted by molar-refractivity contribution is 0.0975. The second-order valence-electron chi connectivity index (χ2n) is 8.76. The molecule has 0 aliphatic heterocycles. The van der Waals surface area contributed by atoms with Gasteiger partial charge < -0.3 is 15.6 Å². The van der Waals surface area contributed by atoms with Crippen LogP contribution in [0.3, 0.4) is 0 Å². The van der Waals surface area contributed by atoms with Crippen LogP contribution in [0.25, 0.3) is 10.9 Å². The number of benzene rings is 2. The minimum absolute atomic E-state index is 0.0161. The number of fused-ring (bicyclic) bond motifs is 1. The second kappa shape index (κ2) is 12.8. The molecule has 6 nitrogen and oxygen atoms in total. The van der Waals surface area contributed by atoms with Gasteiger partial charge in [0.15, 0.2) is 5.96 Å². The summed E-state index contributed by atoms with van der Waals surface area (Å²) >= 11 is 3.54. The van der Waals surface area contributed by atoms with Crippen molar-refractivity contribution in [3.05, 3.63) is 69.6 Å². The van der Waals surface area contributed by atoms with E-state index in [1.165, 1.54) is 6.07 Å². The monoisotopic (exact) mass is 543 g/mol. The molecular formula is C27H35BrFN5O. The highest BCUT2D eigenvalue weighted by molar-refractivity contribution is 9.10. The molecule has 0 aliphatic rings. The van der Waals surface area contributed by atoms with E-state index in [9.17, 15) is 9.18 Å². The minimum atomic E-state index is -0.449. The Balaban J connectivity index is 1.66. The number of amides is 1. The molecule has 0 saturated carbocycles. The highest BCUT2D eigenvalue weighted by Gasteiger charge is 2.17. The molecule has 0 fully saturated rings. The maximum absolute atomic E-state index is 14.8. The Hall–Kier alpha value is -2.71. The fourth-order valence-corrected chi connectivity index (χ4v) is 4.88. The highest BCUT2D eigenvalue weighted by Crippen LogP contribution is 2.25. The number of aryl methyl sites for hydroxylation is 1. The number of hydrogen-bond donors (Lipinski definition) is 3. The van der Waals surface area contributed by atoms with Crippen LogP contribution >= 0.6 is 15.9 Å². The van der Waals surface area contributed by atoms with Crippen molar-refractivity contribution in [3.63, 3.8) is 0 Å². The van der Waals surface area contributed by atoms with Gasteiger partial charge in [-0.3, -0.25) is 15.1 Å². The number of carbonyl (C=O) groups excluding carboxylic acids is 1. The second-order valence-corrected chi connectivity index (χ2v) is 9.68. The van der Waals surface area contributed by atoms with Gasteiger partial charge in [0, 0.05) is 32.7 Å². The molecule has 188 valence electrons. The molecule has 3 aromatic rings. The first-order valence-electron chi connectivity index (χ1n) is 12.2. The zero-order valence-corrected chi connectivity index (χ0v) is 22.3. The third-order valence-corrected chi connectivity index (χ3v) is 6.76. The molecule has 0 radical (unpaired) electrons. The number of H-pyrrole nitrogens is 1. The van der Waals surface area contributed by atoms with E-state index in [1.54, 1.807) is 12.1 Å². The van der Waals surface area contributed by atoms with Gasteiger partial charge in [0.1, 0.15) is 5.82 Å². The summed E-state index contributed by atoms with van der Waals surface area (Å²) in [5.74, 6) is -0.799. The van der Waals surface area contributed by atoms with E-state index in [0.717, 1.165) is 53.4 Å². The molecule has 1 unspecified atom stereocenters. The standard InChI is InChI=1S/C27H35BrFN5O/c1-4-34(5-2)15-7-8-18(3)32-27(30)33-26(35)23-9-6-10-24(29)22(23)12-11-19-16-21(28)17-20-13-14-31-25(19)20/h6,9-10,13-14,16-18,31H,4-5,7-8,11-12,15H2,1-3H3,(H3,30,32,33,35). The largest absolute Gasteiger partial charge is 0.370 e. The van der Waals surface area contributed by atoms with Crippen LogP contribution in [0, 0.1) is 5.82 Å². The fourth-order valence-electron chi connectivity index (χ4n) is 4.36. The summed E-state index contributed by atoms with van der Waals surface area (Å²) in [4.78, 5) is 23.0. The summed E-state index contributed by atoms with van der Waals surface area (Å²) < 4.78 is 15.8. The van der Waals surface area contributed by atoms with Crippen molar-refractivity contribution in [1.82, 2.24) is 15.2 Å². The number of aromatic amines is 1. The first kappa shape index (κ1) is 26.9. The van der Waals surface area contributed by atoms with Gasteiger partial charge >= 0.3 is 0 Å². The number of halogens is 2. The molecule has 3 rings (SSSR count). The van der Waals surface area contributed by atoms with Gasteiger partial charge in [-0.25, -0.2) is 4.39 Å². The lowest BCUT2D eigenvalue weighted by Crippen LogP contribution is -2.38. The lowest BCUT2D eigenvalue weighted by Gasteiger charge is -2.18. The van der Waals surface area contributed by atoms with E-state index in [-0.39, 0.29) is 17.6 Å². The molecule has 0 aliphatic carbocycles. The third kappa shape index (κ3) is 7.39. The number of nitrogens with one attached hydrogen (secondary N) is 2. The number of aromatic nitrogens is 1. The van der Waals surface area contributed by atoms with E-state index < -0.39 is 11.7 Å². The molecule has 0 spiro atoms. The first-order chi connectivity index (χ1) is 16.8. The van der Waals surface area contributed by atoms with Crippen LogP contribution in [0.15, 0.2) is 52.1 Å². The molecule has 0 saturated heterocycles. The van der Waals surface area contributed by atoms with Gasteiger partial charge in [-0.2, -0.15) is 0 Å². The number of guanidine groups is 1. The Morgan fingerprint density at radius 1 is 1.23 bits per heavy atom. The molecule has 1 heterocycles. The van der Waals surface area contributed by atoms with Crippen molar-refractivity contribution in [2.24, 2.45) is 10.7 Å². The molecule has 35 heavy (non-hydrogen) atoms. The SMILES string of the molecule is CCN(CC)CCCC(C)N=C(N)NC(=O)c1cccc(F)c1CCc1cc(Br)cc2cc[nH]c12. The number of nitrogens with two attached hydrogens (primary N) is 1.